The van der Waals surface area contributed by atoms with Gasteiger partial charge in [0.2, 0.25) is 0 Å². The maximum absolute atomic E-state index is 12.3. The number of carbonyl (C=O) groups excluding carboxylic acids is 1. The van der Waals surface area contributed by atoms with Crippen molar-refractivity contribution < 1.29 is 19.4 Å². The molecule has 0 radical (unpaired) electrons. The molecule has 0 saturated carbocycles. The summed E-state index contributed by atoms with van der Waals surface area (Å²) in [6.45, 7) is 3.79. The summed E-state index contributed by atoms with van der Waals surface area (Å²) in [4.78, 5) is 12.3. The van der Waals surface area contributed by atoms with Gasteiger partial charge in [-0.25, -0.2) is 4.79 Å². The number of esters is 1. The van der Waals surface area contributed by atoms with Crippen molar-refractivity contribution in [2.75, 3.05) is 13.7 Å². The molecule has 0 aliphatic carbocycles. The molecule has 4 nitrogen and oxygen atoms in total. The van der Waals surface area contributed by atoms with Crippen molar-refractivity contribution in [3.63, 3.8) is 0 Å². The van der Waals surface area contributed by atoms with Crippen LogP contribution in [0.15, 0.2) is 48.5 Å². The van der Waals surface area contributed by atoms with E-state index in [1.54, 1.807) is 26.2 Å². The molecule has 3 aromatic carbocycles. The molecule has 0 fully saturated rings. The molecule has 0 amide bonds. The number of methoxy groups -OCH3 is 1. The second-order valence-electron chi connectivity index (χ2n) is 6.23. The standard InChI is InChI=1S/C22H21ClO4/c1-4-27-22(25)21(24)19-13(2)11-15-12-17(26-3)9-10-18(15)20(19)14-5-7-16(23)8-6-14/h5-12,21,24H,4H2,1-3H3/t21-/m0/s1. The highest BCUT2D eigenvalue weighted by Crippen LogP contribution is 2.39. The van der Waals surface area contributed by atoms with Crippen molar-refractivity contribution in [1.29, 1.82) is 0 Å². The molecule has 0 bridgehead atoms. The Morgan fingerprint density at radius 1 is 1.15 bits per heavy atom. The van der Waals surface area contributed by atoms with Crippen LogP contribution in [0.4, 0.5) is 0 Å². The second kappa shape index (κ2) is 7.99. The maximum Gasteiger partial charge on any atom is 0.339 e. The van der Waals surface area contributed by atoms with Crippen LogP contribution < -0.4 is 4.74 Å². The lowest BCUT2D eigenvalue weighted by molar-refractivity contribution is -0.153. The zero-order chi connectivity index (χ0) is 19.6. The molecule has 1 N–H and O–H groups in total. The molecule has 0 heterocycles. The molecule has 0 aliphatic rings. The van der Waals surface area contributed by atoms with Crippen LogP contribution in [-0.4, -0.2) is 24.8 Å². The van der Waals surface area contributed by atoms with Gasteiger partial charge in [-0.2, -0.15) is 0 Å². The SMILES string of the molecule is CCOC(=O)[C@@H](O)c1c(C)cc2cc(OC)ccc2c1-c1ccc(Cl)cc1. The summed E-state index contributed by atoms with van der Waals surface area (Å²) in [6, 6.07) is 15.0. The maximum atomic E-state index is 12.3. The Morgan fingerprint density at radius 3 is 2.48 bits per heavy atom. The summed E-state index contributed by atoms with van der Waals surface area (Å²) in [5.74, 6) is 0.0753. The number of rotatable bonds is 5. The van der Waals surface area contributed by atoms with Crippen LogP contribution in [0.25, 0.3) is 21.9 Å². The topological polar surface area (TPSA) is 55.8 Å². The molecule has 27 heavy (non-hydrogen) atoms. The summed E-state index contributed by atoms with van der Waals surface area (Å²) in [5.41, 5.74) is 2.97. The van der Waals surface area contributed by atoms with Crippen LogP contribution in [0, 0.1) is 6.92 Å². The van der Waals surface area contributed by atoms with E-state index in [4.69, 9.17) is 21.1 Å². The van der Waals surface area contributed by atoms with Gasteiger partial charge in [-0.3, -0.25) is 0 Å². The minimum absolute atomic E-state index is 0.204. The van der Waals surface area contributed by atoms with Gasteiger partial charge in [-0.05, 0) is 65.6 Å². The fourth-order valence-corrected chi connectivity index (χ4v) is 3.41. The molecule has 0 aliphatic heterocycles. The Hall–Kier alpha value is -2.56. The van der Waals surface area contributed by atoms with E-state index in [1.807, 2.05) is 43.3 Å². The van der Waals surface area contributed by atoms with E-state index >= 15 is 0 Å². The molecule has 5 heteroatoms. The summed E-state index contributed by atoms with van der Waals surface area (Å²) < 4.78 is 10.4. The fourth-order valence-electron chi connectivity index (χ4n) is 3.29. The van der Waals surface area contributed by atoms with Crippen LogP contribution in [0.3, 0.4) is 0 Å². The van der Waals surface area contributed by atoms with Gasteiger partial charge in [0.15, 0.2) is 6.10 Å². The van der Waals surface area contributed by atoms with E-state index < -0.39 is 12.1 Å². The van der Waals surface area contributed by atoms with Crippen molar-refractivity contribution in [3.05, 3.63) is 64.7 Å². The lowest BCUT2D eigenvalue weighted by Crippen LogP contribution is -2.17. The summed E-state index contributed by atoms with van der Waals surface area (Å²) in [6.07, 6.45) is -1.37. The third-order valence-corrected chi connectivity index (χ3v) is 4.76. The highest BCUT2D eigenvalue weighted by Gasteiger charge is 2.26. The number of aryl methyl sites for hydroxylation is 1. The predicted molar refractivity (Wildman–Crippen MR) is 107 cm³/mol. The number of fused-ring (bicyclic) bond motifs is 1. The number of aliphatic hydroxyl groups excluding tert-OH is 1. The largest absolute Gasteiger partial charge is 0.497 e. The zero-order valence-corrected chi connectivity index (χ0v) is 16.2. The molecule has 0 saturated heterocycles. The molecule has 1 atom stereocenters. The molecular formula is C22H21ClO4. The van der Waals surface area contributed by atoms with E-state index in [2.05, 4.69) is 0 Å². The van der Waals surface area contributed by atoms with E-state index in [-0.39, 0.29) is 6.61 Å². The van der Waals surface area contributed by atoms with E-state index in [9.17, 15) is 9.90 Å². The number of carbonyl (C=O) groups is 1. The Balaban J connectivity index is 2.33. The summed E-state index contributed by atoms with van der Waals surface area (Å²) >= 11 is 6.04. The molecule has 0 unspecified atom stereocenters. The Kier molecular flexibility index (Phi) is 5.68. The monoisotopic (exact) mass is 384 g/mol. The Bertz CT molecular complexity index is 980. The van der Waals surface area contributed by atoms with Crippen LogP contribution in [0.5, 0.6) is 5.75 Å². The van der Waals surface area contributed by atoms with Gasteiger partial charge in [0.1, 0.15) is 5.75 Å². The molecule has 0 aromatic heterocycles. The average molecular weight is 385 g/mol. The third kappa shape index (κ3) is 3.77. The first-order chi connectivity index (χ1) is 13.0. The molecule has 3 rings (SSSR count). The number of benzene rings is 3. The number of hydrogen-bond acceptors (Lipinski definition) is 4. The van der Waals surface area contributed by atoms with Crippen molar-refractivity contribution in [3.8, 4) is 16.9 Å². The van der Waals surface area contributed by atoms with Gasteiger partial charge in [0.25, 0.3) is 0 Å². The van der Waals surface area contributed by atoms with Gasteiger partial charge >= 0.3 is 5.97 Å². The van der Waals surface area contributed by atoms with Crippen LogP contribution >= 0.6 is 11.6 Å². The van der Waals surface area contributed by atoms with Crippen molar-refractivity contribution in [1.82, 2.24) is 0 Å². The third-order valence-electron chi connectivity index (χ3n) is 4.51. The Labute approximate surface area is 163 Å². The van der Waals surface area contributed by atoms with Gasteiger partial charge in [-0.1, -0.05) is 35.9 Å². The normalized spacial score (nSPS) is 12.0. The number of hydrogen-bond donors (Lipinski definition) is 1. The second-order valence-corrected chi connectivity index (χ2v) is 6.67. The highest BCUT2D eigenvalue weighted by atomic mass is 35.5. The quantitative estimate of drug-likeness (QED) is 0.623. The molecule has 3 aromatic rings. The lowest BCUT2D eigenvalue weighted by Gasteiger charge is -2.20. The molecular weight excluding hydrogens is 364 g/mol. The number of halogens is 1. The molecule has 0 spiro atoms. The van der Waals surface area contributed by atoms with Crippen LogP contribution in [-0.2, 0) is 9.53 Å². The summed E-state index contributed by atoms with van der Waals surface area (Å²) in [7, 11) is 1.62. The van der Waals surface area contributed by atoms with Gasteiger partial charge in [0.05, 0.1) is 13.7 Å². The van der Waals surface area contributed by atoms with Crippen molar-refractivity contribution in [2.45, 2.75) is 20.0 Å². The number of aliphatic hydroxyl groups is 1. The predicted octanol–water partition coefficient (Wildman–Crippen LogP) is 5.07. The van der Waals surface area contributed by atoms with Gasteiger partial charge in [0, 0.05) is 10.6 Å². The van der Waals surface area contributed by atoms with E-state index in [0.717, 1.165) is 33.2 Å². The van der Waals surface area contributed by atoms with Crippen molar-refractivity contribution >= 4 is 28.3 Å². The van der Waals surface area contributed by atoms with Gasteiger partial charge < -0.3 is 14.6 Å². The van der Waals surface area contributed by atoms with Crippen molar-refractivity contribution in [2.24, 2.45) is 0 Å². The first-order valence-electron chi connectivity index (χ1n) is 8.68. The van der Waals surface area contributed by atoms with Crippen LogP contribution in [0.2, 0.25) is 5.02 Å². The lowest BCUT2D eigenvalue weighted by atomic mass is 9.87. The van der Waals surface area contributed by atoms with Crippen LogP contribution in [0.1, 0.15) is 24.2 Å². The zero-order valence-electron chi connectivity index (χ0n) is 15.5. The highest BCUT2D eigenvalue weighted by molar-refractivity contribution is 6.30. The minimum Gasteiger partial charge on any atom is -0.497 e. The smallest absolute Gasteiger partial charge is 0.339 e. The Morgan fingerprint density at radius 2 is 1.85 bits per heavy atom. The van der Waals surface area contributed by atoms with E-state index in [1.165, 1.54) is 0 Å². The van der Waals surface area contributed by atoms with E-state index in [0.29, 0.717) is 10.6 Å². The first-order valence-corrected chi connectivity index (χ1v) is 9.06. The molecule has 140 valence electrons. The average Bonchev–Trinajstić information content (AvgIpc) is 2.66. The minimum atomic E-state index is -1.37. The fraction of sp³-hybridized carbons (Fsp3) is 0.227. The first kappa shape index (κ1) is 19.2. The van der Waals surface area contributed by atoms with Gasteiger partial charge in [-0.15, -0.1) is 0 Å². The summed E-state index contributed by atoms with van der Waals surface area (Å²) in [5, 5.41) is 13.2. The number of ether oxygens (including phenoxy) is 2.